The van der Waals surface area contributed by atoms with Gasteiger partial charge in [-0.2, -0.15) is 0 Å². The molecule has 0 saturated carbocycles. The molecule has 252 valence electrons. The van der Waals surface area contributed by atoms with Crippen LogP contribution < -0.4 is 21.1 Å². The van der Waals surface area contributed by atoms with Gasteiger partial charge in [0.25, 0.3) is 10.9 Å². The number of unbranched alkanes of at least 4 members (excludes halogenated alkanes) is 16. The Kier molecular flexibility index (Phi) is 24.9. The highest BCUT2D eigenvalue weighted by atomic mass is 16.2. The molecular formula is C38H73N3O2. The molecule has 1 unspecified atom stereocenters. The van der Waals surface area contributed by atoms with Crippen LogP contribution in [-0.4, -0.2) is 45.2 Å². The van der Waals surface area contributed by atoms with Crippen LogP contribution in [0.5, 0.6) is 0 Å². The van der Waals surface area contributed by atoms with Gasteiger partial charge < -0.3 is 15.1 Å². The molecule has 0 fully saturated rings. The maximum Gasteiger partial charge on any atom is 0.253 e. The summed E-state index contributed by atoms with van der Waals surface area (Å²) in [5.74, 6) is 0.970. The Labute approximate surface area is 267 Å². The van der Waals surface area contributed by atoms with Gasteiger partial charge in [-0.15, -0.1) is 0 Å². The zero-order valence-corrected chi connectivity index (χ0v) is 29.6. The average Bonchev–Trinajstić information content (AvgIpc) is 3.00. The van der Waals surface area contributed by atoms with Gasteiger partial charge in [0.2, 0.25) is 0 Å². The van der Waals surface area contributed by atoms with Gasteiger partial charge in [-0.1, -0.05) is 156 Å². The third-order valence-corrected chi connectivity index (χ3v) is 9.38. The fraction of sp³-hybridized carbons (Fsp3) is 0.895. The van der Waals surface area contributed by atoms with E-state index in [-0.39, 0.29) is 10.9 Å². The molecule has 0 aliphatic heterocycles. The molecule has 0 spiro atoms. The molecule has 1 atom stereocenters. The minimum Gasteiger partial charge on any atom is -0.380 e. The Bertz CT molecular complexity index is 830. The van der Waals surface area contributed by atoms with E-state index in [9.17, 15) is 9.59 Å². The first-order valence-electron chi connectivity index (χ1n) is 18.9. The van der Waals surface area contributed by atoms with Crippen molar-refractivity contribution in [1.82, 2.24) is 4.90 Å². The highest BCUT2D eigenvalue weighted by Crippen LogP contribution is 2.24. The molecule has 5 heteroatoms. The van der Waals surface area contributed by atoms with Crippen molar-refractivity contribution in [3.63, 3.8) is 0 Å². The molecule has 0 bridgehead atoms. The topological polar surface area (TPSA) is 52.6 Å². The van der Waals surface area contributed by atoms with E-state index in [1.54, 1.807) is 4.90 Å². The van der Waals surface area contributed by atoms with Crippen molar-refractivity contribution in [2.24, 2.45) is 5.92 Å². The summed E-state index contributed by atoms with van der Waals surface area (Å²) in [5.41, 5.74) is 0.324. The molecule has 5 nitrogen and oxygen atoms in total. The van der Waals surface area contributed by atoms with Crippen LogP contribution in [0.25, 0.3) is 0 Å². The molecular weight excluding hydrogens is 530 g/mol. The van der Waals surface area contributed by atoms with Crippen LogP contribution in [0.2, 0.25) is 0 Å². The summed E-state index contributed by atoms with van der Waals surface area (Å²) >= 11 is 0. The molecule has 0 heterocycles. The van der Waals surface area contributed by atoms with Crippen molar-refractivity contribution in [2.75, 3.05) is 50.5 Å². The second-order valence-corrected chi connectivity index (χ2v) is 13.6. The van der Waals surface area contributed by atoms with Gasteiger partial charge in [-0.25, -0.2) is 0 Å². The van der Waals surface area contributed by atoms with Gasteiger partial charge in [0.05, 0.1) is 0 Å². The normalized spacial score (nSPS) is 12.4. The highest BCUT2D eigenvalue weighted by molar-refractivity contribution is 5.74. The molecule has 0 aromatic heterocycles. The smallest absolute Gasteiger partial charge is 0.253 e. The van der Waals surface area contributed by atoms with Crippen molar-refractivity contribution in [2.45, 2.75) is 175 Å². The monoisotopic (exact) mass is 604 g/mol. The Morgan fingerprint density at radius 2 is 0.907 bits per heavy atom. The van der Waals surface area contributed by atoms with Crippen LogP contribution in [0, 0.1) is 5.92 Å². The third kappa shape index (κ3) is 18.9. The quantitative estimate of drug-likeness (QED) is 0.0656. The summed E-state index contributed by atoms with van der Waals surface area (Å²) in [6.45, 7) is 11.1. The van der Waals surface area contributed by atoms with Gasteiger partial charge in [0, 0.05) is 20.6 Å². The first kappa shape index (κ1) is 39.7. The van der Waals surface area contributed by atoms with E-state index in [1.165, 1.54) is 161 Å². The highest BCUT2D eigenvalue weighted by Gasteiger charge is 2.21. The zero-order chi connectivity index (χ0) is 31.5. The van der Waals surface area contributed by atoms with Gasteiger partial charge in [-0.05, 0) is 44.8 Å². The minimum atomic E-state index is -0.359. The first-order valence-corrected chi connectivity index (χ1v) is 18.9. The Morgan fingerprint density at radius 1 is 0.512 bits per heavy atom. The van der Waals surface area contributed by atoms with E-state index in [0.29, 0.717) is 11.4 Å². The molecule has 0 saturated heterocycles. The lowest BCUT2D eigenvalue weighted by Crippen LogP contribution is -2.40. The molecule has 1 aromatic rings. The molecule has 0 radical (unpaired) electrons. The number of rotatable bonds is 32. The average molecular weight is 604 g/mol. The molecule has 1 N–H and O–H groups in total. The van der Waals surface area contributed by atoms with E-state index >= 15 is 0 Å². The Balaban J connectivity index is 2.35. The lowest BCUT2D eigenvalue weighted by atomic mass is 9.89. The predicted molar refractivity (Wildman–Crippen MR) is 192 cm³/mol. The molecule has 0 aliphatic carbocycles. The van der Waals surface area contributed by atoms with Crippen molar-refractivity contribution in [3.05, 3.63) is 20.4 Å². The molecule has 1 aromatic carbocycles. The van der Waals surface area contributed by atoms with Crippen LogP contribution in [0.3, 0.4) is 0 Å². The SMILES string of the molecule is CCCCCCCCN(CCCCCCCC(CCCCCC)CCCCCCC)CCCNc1c(N(C)C)c(=O)c1=O. The van der Waals surface area contributed by atoms with Gasteiger partial charge in [-0.3, -0.25) is 9.59 Å². The maximum absolute atomic E-state index is 12.0. The zero-order valence-electron chi connectivity index (χ0n) is 29.6. The van der Waals surface area contributed by atoms with Gasteiger partial charge in [0.15, 0.2) is 0 Å². The minimum absolute atomic E-state index is 0.359. The Morgan fingerprint density at radius 3 is 1.37 bits per heavy atom. The number of hydrogen-bond acceptors (Lipinski definition) is 5. The van der Waals surface area contributed by atoms with Crippen molar-refractivity contribution >= 4 is 11.4 Å². The maximum atomic E-state index is 12.0. The second-order valence-electron chi connectivity index (χ2n) is 13.6. The summed E-state index contributed by atoms with van der Waals surface area (Å²) < 4.78 is 0. The van der Waals surface area contributed by atoms with Crippen LogP contribution in [0.1, 0.15) is 175 Å². The van der Waals surface area contributed by atoms with E-state index < -0.39 is 0 Å². The first-order chi connectivity index (χ1) is 21.0. The molecule has 0 amide bonds. The summed E-state index contributed by atoms with van der Waals surface area (Å²) in [4.78, 5) is 28.2. The summed E-state index contributed by atoms with van der Waals surface area (Å²) in [6, 6.07) is 0. The van der Waals surface area contributed by atoms with E-state index in [0.717, 1.165) is 25.4 Å². The number of anilines is 2. The summed E-state index contributed by atoms with van der Waals surface area (Å²) in [7, 11) is 3.65. The predicted octanol–water partition coefficient (Wildman–Crippen LogP) is 10.1. The van der Waals surface area contributed by atoms with Crippen molar-refractivity contribution in [1.29, 1.82) is 0 Å². The van der Waals surface area contributed by atoms with E-state index in [1.807, 2.05) is 14.1 Å². The standard InChI is InChI=1S/C38H73N3O2/c1-6-9-12-15-19-24-31-41(33-26-30-39-35-36(40(4)5)38(43)37(35)42)32-25-20-16-18-23-29-34(27-21-14-11-8-3)28-22-17-13-10-7-2/h34,39H,6-33H2,1-5H3. The molecule has 0 aliphatic rings. The van der Waals surface area contributed by atoms with Gasteiger partial charge in [0.1, 0.15) is 11.4 Å². The molecule has 43 heavy (non-hydrogen) atoms. The Hall–Kier alpha value is -1.36. The lowest BCUT2D eigenvalue weighted by Gasteiger charge is -2.23. The number of nitrogens with zero attached hydrogens (tertiary/aromatic N) is 2. The van der Waals surface area contributed by atoms with Crippen LogP contribution in [0.4, 0.5) is 11.4 Å². The molecule has 1 rings (SSSR count). The lowest BCUT2D eigenvalue weighted by molar-refractivity contribution is 0.259. The fourth-order valence-electron chi connectivity index (χ4n) is 6.57. The van der Waals surface area contributed by atoms with Crippen LogP contribution in [-0.2, 0) is 0 Å². The largest absolute Gasteiger partial charge is 0.380 e. The number of nitrogens with one attached hydrogen (secondary N) is 1. The van der Waals surface area contributed by atoms with Crippen LogP contribution in [0.15, 0.2) is 9.59 Å². The van der Waals surface area contributed by atoms with Crippen molar-refractivity contribution in [3.8, 4) is 0 Å². The van der Waals surface area contributed by atoms with Gasteiger partial charge >= 0.3 is 0 Å². The van der Waals surface area contributed by atoms with Crippen molar-refractivity contribution < 1.29 is 0 Å². The third-order valence-electron chi connectivity index (χ3n) is 9.38. The number of hydrogen-bond donors (Lipinski definition) is 1. The fourth-order valence-corrected chi connectivity index (χ4v) is 6.57. The second kappa shape index (κ2) is 27.0. The summed E-state index contributed by atoms with van der Waals surface area (Å²) in [6.07, 6.45) is 33.0. The summed E-state index contributed by atoms with van der Waals surface area (Å²) in [5, 5.41) is 3.26. The van der Waals surface area contributed by atoms with Crippen LogP contribution >= 0.6 is 0 Å². The van der Waals surface area contributed by atoms with E-state index in [4.69, 9.17) is 0 Å². The van der Waals surface area contributed by atoms with E-state index in [2.05, 4.69) is 31.0 Å².